The summed E-state index contributed by atoms with van der Waals surface area (Å²) in [5.74, 6) is 0.997. The molecule has 0 aliphatic heterocycles. The number of carbonyl (C=O) groups is 1. The lowest BCUT2D eigenvalue weighted by atomic mass is 10.2. The maximum atomic E-state index is 12.0. The number of furan rings is 1. The molecule has 5 heteroatoms. The van der Waals surface area contributed by atoms with E-state index in [9.17, 15) is 4.79 Å². The summed E-state index contributed by atoms with van der Waals surface area (Å²) in [6.07, 6.45) is 3.04. The van der Waals surface area contributed by atoms with Crippen LogP contribution in [0.2, 0.25) is 5.02 Å². The molecule has 0 bridgehead atoms. The predicted molar refractivity (Wildman–Crippen MR) is 101 cm³/mol. The van der Waals surface area contributed by atoms with Gasteiger partial charge in [-0.3, -0.25) is 4.79 Å². The van der Waals surface area contributed by atoms with Gasteiger partial charge in [0.25, 0.3) is 0 Å². The van der Waals surface area contributed by atoms with Crippen LogP contribution >= 0.6 is 27.5 Å². The number of halogens is 2. The smallest absolute Gasteiger partial charge is 0.248 e. The van der Waals surface area contributed by atoms with E-state index in [1.54, 1.807) is 18.2 Å². The van der Waals surface area contributed by atoms with E-state index < -0.39 is 0 Å². The Kier molecular flexibility index (Phi) is 5.18. The van der Waals surface area contributed by atoms with Crippen molar-refractivity contribution < 1.29 is 9.21 Å². The molecule has 120 valence electrons. The zero-order valence-corrected chi connectivity index (χ0v) is 14.8. The summed E-state index contributed by atoms with van der Waals surface area (Å²) in [4.78, 5) is 12.0. The summed E-state index contributed by atoms with van der Waals surface area (Å²) in [5.41, 5.74) is 1.53. The van der Waals surface area contributed by atoms with Gasteiger partial charge in [-0.25, -0.2) is 0 Å². The summed E-state index contributed by atoms with van der Waals surface area (Å²) in [5, 5.41) is 3.41. The van der Waals surface area contributed by atoms with Gasteiger partial charge >= 0.3 is 0 Å². The molecule has 3 nitrogen and oxygen atoms in total. The minimum Gasteiger partial charge on any atom is -0.457 e. The molecule has 0 spiro atoms. The summed E-state index contributed by atoms with van der Waals surface area (Å²) in [6.45, 7) is 0. The van der Waals surface area contributed by atoms with Gasteiger partial charge < -0.3 is 9.73 Å². The van der Waals surface area contributed by atoms with Gasteiger partial charge in [0.15, 0.2) is 0 Å². The van der Waals surface area contributed by atoms with Crippen molar-refractivity contribution >= 4 is 45.2 Å². The summed E-state index contributed by atoms with van der Waals surface area (Å²) < 4.78 is 6.54. The van der Waals surface area contributed by atoms with E-state index in [0.29, 0.717) is 22.2 Å². The number of rotatable bonds is 4. The van der Waals surface area contributed by atoms with Crippen LogP contribution in [0.1, 0.15) is 5.76 Å². The van der Waals surface area contributed by atoms with Crippen molar-refractivity contribution in [2.75, 3.05) is 5.32 Å². The fourth-order valence-electron chi connectivity index (χ4n) is 2.14. The van der Waals surface area contributed by atoms with Crippen molar-refractivity contribution in [2.24, 2.45) is 0 Å². The monoisotopic (exact) mass is 401 g/mol. The first kappa shape index (κ1) is 16.6. The lowest BCUT2D eigenvalue weighted by Crippen LogP contribution is -2.07. The van der Waals surface area contributed by atoms with Gasteiger partial charge in [-0.05, 0) is 58.4 Å². The Morgan fingerprint density at radius 3 is 2.58 bits per heavy atom. The van der Waals surface area contributed by atoms with E-state index in [2.05, 4.69) is 21.2 Å². The highest BCUT2D eigenvalue weighted by molar-refractivity contribution is 9.10. The fraction of sp³-hybridized carbons (Fsp3) is 0. The van der Waals surface area contributed by atoms with Crippen LogP contribution in [-0.4, -0.2) is 5.91 Å². The SMILES string of the molecule is O=C(/C=C/c1ccc(-c2ccccc2Cl)o1)Nc1ccccc1Br. The quantitative estimate of drug-likeness (QED) is 0.543. The molecule has 1 amide bonds. The third kappa shape index (κ3) is 3.96. The molecule has 1 aromatic heterocycles. The molecule has 0 aliphatic rings. The summed E-state index contributed by atoms with van der Waals surface area (Å²) in [6, 6.07) is 18.5. The number of hydrogen-bond donors (Lipinski definition) is 1. The van der Waals surface area contributed by atoms with E-state index in [-0.39, 0.29) is 5.91 Å². The maximum Gasteiger partial charge on any atom is 0.248 e. The molecule has 0 saturated heterocycles. The number of nitrogens with one attached hydrogen (secondary N) is 1. The minimum atomic E-state index is -0.238. The molecular formula is C19H13BrClNO2. The number of amides is 1. The number of anilines is 1. The Balaban J connectivity index is 1.70. The number of benzene rings is 2. The highest BCUT2D eigenvalue weighted by Gasteiger charge is 2.07. The van der Waals surface area contributed by atoms with E-state index in [1.165, 1.54) is 6.08 Å². The highest BCUT2D eigenvalue weighted by Crippen LogP contribution is 2.29. The average Bonchev–Trinajstić information content (AvgIpc) is 3.04. The molecule has 3 aromatic rings. The molecule has 24 heavy (non-hydrogen) atoms. The first-order chi connectivity index (χ1) is 11.6. The van der Waals surface area contributed by atoms with Gasteiger partial charge in [0, 0.05) is 16.1 Å². The van der Waals surface area contributed by atoms with Crippen molar-refractivity contribution in [2.45, 2.75) is 0 Å². The Morgan fingerprint density at radius 2 is 1.79 bits per heavy atom. The number of carbonyl (C=O) groups excluding carboxylic acids is 1. The molecule has 1 N–H and O–H groups in total. The maximum absolute atomic E-state index is 12.0. The standard InChI is InChI=1S/C19H13BrClNO2/c20-15-6-2-4-8-17(15)22-19(23)12-10-13-9-11-18(24-13)14-5-1-3-7-16(14)21/h1-12H,(H,22,23)/b12-10+. The van der Waals surface area contributed by atoms with E-state index >= 15 is 0 Å². The second kappa shape index (κ2) is 7.51. The van der Waals surface area contributed by atoms with Crippen LogP contribution in [0.5, 0.6) is 0 Å². The van der Waals surface area contributed by atoms with Crippen LogP contribution in [0.3, 0.4) is 0 Å². The minimum absolute atomic E-state index is 0.238. The molecule has 0 atom stereocenters. The normalized spacial score (nSPS) is 10.9. The van der Waals surface area contributed by atoms with Gasteiger partial charge in [0.05, 0.1) is 10.7 Å². The summed E-state index contributed by atoms with van der Waals surface area (Å²) >= 11 is 9.54. The Morgan fingerprint density at radius 1 is 1.04 bits per heavy atom. The van der Waals surface area contributed by atoms with Gasteiger partial charge in [0.2, 0.25) is 5.91 Å². The lowest BCUT2D eigenvalue weighted by molar-refractivity contribution is -0.111. The molecule has 2 aromatic carbocycles. The molecule has 0 fully saturated rings. The van der Waals surface area contributed by atoms with Gasteiger partial charge in [-0.15, -0.1) is 0 Å². The molecule has 3 rings (SSSR count). The first-order valence-electron chi connectivity index (χ1n) is 7.22. The van der Waals surface area contributed by atoms with Crippen LogP contribution in [0.25, 0.3) is 17.4 Å². The molecule has 0 aliphatic carbocycles. The van der Waals surface area contributed by atoms with Crippen molar-refractivity contribution in [3.63, 3.8) is 0 Å². The Hall–Kier alpha value is -2.30. The second-order valence-corrected chi connectivity index (χ2v) is 6.25. The van der Waals surface area contributed by atoms with Crippen molar-refractivity contribution in [3.05, 3.63) is 82.0 Å². The van der Waals surface area contributed by atoms with Crippen LogP contribution in [0.4, 0.5) is 5.69 Å². The van der Waals surface area contributed by atoms with Gasteiger partial charge in [-0.2, -0.15) is 0 Å². The largest absolute Gasteiger partial charge is 0.457 e. The average molecular weight is 403 g/mol. The zero-order chi connectivity index (χ0) is 16.9. The topological polar surface area (TPSA) is 42.2 Å². The molecule has 0 unspecified atom stereocenters. The molecule has 1 heterocycles. The van der Waals surface area contributed by atoms with Gasteiger partial charge in [-0.1, -0.05) is 35.9 Å². The fourth-order valence-corrected chi connectivity index (χ4v) is 2.76. The van der Waals surface area contributed by atoms with Gasteiger partial charge in [0.1, 0.15) is 11.5 Å². The second-order valence-electron chi connectivity index (χ2n) is 4.98. The third-order valence-corrected chi connectivity index (χ3v) is 4.32. The van der Waals surface area contributed by atoms with Crippen LogP contribution < -0.4 is 5.32 Å². The third-order valence-electron chi connectivity index (χ3n) is 3.30. The van der Waals surface area contributed by atoms with Crippen molar-refractivity contribution in [1.82, 2.24) is 0 Å². The van der Waals surface area contributed by atoms with Crippen LogP contribution in [0.15, 0.2) is 75.6 Å². The van der Waals surface area contributed by atoms with Crippen molar-refractivity contribution in [1.29, 1.82) is 0 Å². The van der Waals surface area contributed by atoms with Crippen molar-refractivity contribution in [3.8, 4) is 11.3 Å². The number of hydrogen-bond acceptors (Lipinski definition) is 2. The molecule has 0 radical (unpaired) electrons. The zero-order valence-electron chi connectivity index (χ0n) is 12.5. The Bertz CT molecular complexity index is 902. The van der Waals surface area contributed by atoms with E-state index in [1.807, 2.05) is 48.5 Å². The van der Waals surface area contributed by atoms with Crippen LogP contribution in [0, 0.1) is 0 Å². The Labute approximate surface area is 153 Å². The highest BCUT2D eigenvalue weighted by atomic mass is 79.9. The molecular weight excluding hydrogens is 390 g/mol. The van der Waals surface area contributed by atoms with E-state index in [0.717, 1.165) is 10.0 Å². The van der Waals surface area contributed by atoms with Crippen LogP contribution in [-0.2, 0) is 4.79 Å². The van der Waals surface area contributed by atoms with E-state index in [4.69, 9.17) is 16.0 Å². The first-order valence-corrected chi connectivity index (χ1v) is 8.39. The lowest BCUT2D eigenvalue weighted by Gasteiger charge is -2.03. The predicted octanol–water partition coefficient (Wildman–Crippen LogP) is 6.01. The molecule has 0 saturated carbocycles. The number of para-hydroxylation sites is 1. The summed E-state index contributed by atoms with van der Waals surface area (Å²) in [7, 11) is 0.